The van der Waals surface area contributed by atoms with Gasteiger partial charge in [-0.05, 0) is 51.0 Å². The summed E-state index contributed by atoms with van der Waals surface area (Å²) in [5, 5.41) is 2.98. The van der Waals surface area contributed by atoms with Gasteiger partial charge in [-0.2, -0.15) is 0 Å². The van der Waals surface area contributed by atoms with Crippen LogP contribution in [0, 0.1) is 13.8 Å². The van der Waals surface area contributed by atoms with Crippen LogP contribution in [0.15, 0.2) is 36.4 Å². The number of carbonyl (C=O) groups excluding carboxylic acids is 1. The number of nitrogens with one attached hydrogen (secondary N) is 1. The second-order valence-corrected chi connectivity index (χ2v) is 5.28. The summed E-state index contributed by atoms with van der Waals surface area (Å²) < 4.78 is 11.0. The van der Waals surface area contributed by atoms with Gasteiger partial charge in [-0.15, -0.1) is 0 Å². The Morgan fingerprint density at radius 1 is 0.957 bits per heavy atom. The number of benzene rings is 2. The first-order chi connectivity index (χ1) is 11.0. The van der Waals surface area contributed by atoms with Crippen LogP contribution in [-0.2, 0) is 0 Å². The molecule has 0 spiro atoms. The fraction of sp³-hybridized carbons (Fsp3) is 0.316. The van der Waals surface area contributed by atoms with Crippen LogP contribution in [0.25, 0.3) is 0 Å². The second-order valence-electron chi connectivity index (χ2n) is 5.28. The van der Waals surface area contributed by atoms with Crippen LogP contribution in [0.3, 0.4) is 0 Å². The zero-order valence-corrected chi connectivity index (χ0v) is 14.1. The molecule has 2 aromatic rings. The summed E-state index contributed by atoms with van der Waals surface area (Å²) in [5.41, 5.74) is 3.42. The zero-order valence-electron chi connectivity index (χ0n) is 14.1. The molecule has 23 heavy (non-hydrogen) atoms. The Kier molecular flexibility index (Phi) is 5.63. The van der Waals surface area contributed by atoms with Crippen molar-refractivity contribution in [1.29, 1.82) is 0 Å². The fourth-order valence-electron chi connectivity index (χ4n) is 2.40. The molecule has 0 aliphatic rings. The van der Waals surface area contributed by atoms with E-state index >= 15 is 0 Å². The third kappa shape index (κ3) is 4.25. The van der Waals surface area contributed by atoms with E-state index in [0.29, 0.717) is 30.3 Å². The Morgan fingerprint density at radius 3 is 1.96 bits per heavy atom. The monoisotopic (exact) mass is 313 g/mol. The highest BCUT2D eigenvalue weighted by atomic mass is 16.5. The van der Waals surface area contributed by atoms with Crippen molar-refractivity contribution in [2.24, 2.45) is 0 Å². The number of rotatable bonds is 6. The summed E-state index contributed by atoms with van der Waals surface area (Å²) >= 11 is 0. The van der Waals surface area contributed by atoms with E-state index in [-0.39, 0.29) is 5.91 Å². The molecule has 1 N–H and O–H groups in total. The summed E-state index contributed by atoms with van der Waals surface area (Å²) in [7, 11) is 0. The SMILES string of the molecule is CCOc1cc(OCC)cc(C(=O)Nc2c(C)cccc2C)c1. The van der Waals surface area contributed by atoms with Gasteiger partial charge in [0.1, 0.15) is 11.5 Å². The van der Waals surface area contributed by atoms with Crippen molar-refractivity contribution in [3.63, 3.8) is 0 Å². The first kappa shape index (κ1) is 16.9. The Balaban J connectivity index is 2.30. The minimum Gasteiger partial charge on any atom is -0.494 e. The summed E-state index contributed by atoms with van der Waals surface area (Å²) in [6, 6.07) is 11.2. The molecule has 0 unspecified atom stereocenters. The second kappa shape index (κ2) is 7.68. The van der Waals surface area contributed by atoms with Gasteiger partial charge in [-0.1, -0.05) is 18.2 Å². The fourth-order valence-corrected chi connectivity index (χ4v) is 2.40. The van der Waals surface area contributed by atoms with Crippen LogP contribution >= 0.6 is 0 Å². The van der Waals surface area contributed by atoms with E-state index in [9.17, 15) is 4.79 Å². The number of anilines is 1. The molecule has 2 rings (SSSR count). The average Bonchev–Trinajstić information content (AvgIpc) is 2.51. The summed E-state index contributed by atoms with van der Waals surface area (Å²) in [4.78, 5) is 12.6. The summed E-state index contributed by atoms with van der Waals surface area (Å²) in [6.45, 7) is 8.84. The van der Waals surface area contributed by atoms with E-state index in [1.807, 2.05) is 45.9 Å². The molecule has 0 aromatic heterocycles. The van der Waals surface area contributed by atoms with Crippen LogP contribution < -0.4 is 14.8 Å². The molecule has 0 aliphatic carbocycles. The van der Waals surface area contributed by atoms with Crippen molar-refractivity contribution in [2.45, 2.75) is 27.7 Å². The third-order valence-corrected chi connectivity index (χ3v) is 3.48. The number of carbonyl (C=O) groups is 1. The van der Waals surface area contributed by atoms with Gasteiger partial charge < -0.3 is 14.8 Å². The van der Waals surface area contributed by atoms with E-state index in [2.05, 4.69) is 5.32 Å². The molecule has 0 radical (unpaired) electrons. The number of hydrogen-bond donors (Lipinski definition) is 1. The lowest BCUT2D eigenvalue weighted by Gasteiger charge is -2.13. The topological polar surface area (TPSA) is 47.6 Å². The molecular formula is C19H23NO3. The van der Waals surface area contributed by atoms with E-state index < -0.39 is 0 Å². The lowest BCUT2D eigenvalue weighted by molar-refractivity contribution is 0.102. The molecule has 122 valence electrons. The van der Waals surface area contributed by atoms with Gasteiger partial charge in [0.2, 0.25) is 0 Å². The highest BCUT2D eigenvalue weighted by molar-refractivity contribution is 6.05. The molecule has 0 bridgehead atoms. The Hall–Kier alpha value is -2.49. The minimum atomic E-state index is -0.176. The molecule has 0 fully saturated rings. The average molecular weight is 313 g/mol. The van der Waals surface area contributed by atoms with E-state index in [0.717, 1.165) is 16.8 Å². The summed E-state index contributed by atoms with van der Waals surface area (Å²) in [6.07, 6.45) is 0. The number of ether oxygens (including phenoxy) is 2. The summed E-state index contributed by atoms with van der Waals surface area (Å²) in [5.74, 6) is 1.08. The van der Waals surface area contributed by atoms with Crippen LogP contribution in [0.2, 0.25) is 0 Å². The Labute approximate surface area is 137 Å². The smallest absolute Gasteiger partial charge is 0.255 e. The Morgan fingerprint density at radius 2 is 1.48 bits per heavy atom. The zero-order chi connectivity index (χ0) is 16.8. The largest absolute Gasteiger partial charge is 0.494 e. The van der Waals surface area contributed by atoms with Crippen LogP contribution in [0.5, 0.6) is 11.5 Å². The number of aryl methyl sites for hydroxylation is 2. The molecule has 0 aliphatic heterocycles. The van der Waals surface area contributed by atoms with Crippen LogP contribution in [0.4, 0.5) is 5.69 Å². The predicted molar refractivity (Wildman–Crippen MR) is 92.6 cm³/mol. The third-order valence-electron chi connectivity index (χ3n) is 3.48. The lowest BCUT2D eigenvalue weighted by Crippen LogP contribution is -2.14. The first-order valence-corrected chi connectivity index (χ1v) is 7.83. The van der Waals surface area contributed by atoms with Crippen molar-refractivity contribution < 1.29 is 14.3 Å². The maximum absolute atomic E-state index is 12.6. The molecule has 1 amide bonds. The highest BCUT2D eigenvalue weighted by Crippen LogP contribution is 2.25. The van der Waals surface area contributed by atoms with E-state index in [1.54, 1.807) is 18.2 Å². The van der Waals surface area contributed by atoms with Crippen molar-refractivity contribution >= 4 is 11.6 Å². The van der Waals surface area contributed by atoms with Crippen molar-refractivity contribution in [3.8, 4) is 11.5 Å². The number of amides is 1. The van der Waals surface area contributed by atoms with Gasteiger partial charge in [-0.3, -0.25) is 4.79 Å². The van der Waals surface area contributed by atoms with E-state index in [4.69, 9.17) is 9.47 Å². The van der Waals surface area contributed by atoms with Gasteiger partial charge in [-0.25, -0.2) is 0 Å². The predicted octanol–water partition coefficient (Wildman–Crippen LogP) is 4.35. The molecular weight excluding hydrogens is 290 g/mol. The van der Waals surface area contributed by atoms with Gasteiger partial charge in [0.15, 0.2) is 0 Å². The maximum atomic E-state index is 12.6. The van der Waals surface area contributed by atoms with Crippen molar-refractivity contribution in [2.75, 3.05) is 18.5 Å². The number of para-hydroxylation sites is 1. The Bertz CT molecular complexity index is 651. The molecule has 4 nitrogen and oxygen atoms in total. The highest BCUT2D eigenvalue weighted by Gasteiger charge is 2.13. The van der Waals surface area contributed by atoms with Gasteiger partial charge in [0, 0.05) is 17.3 Å². The minimum absolute atomic E-state index is 0.176. The maximum Gasteiger partial charge on any atom is 0.255 e. The molecule has 0 saturated carbocycles. The van der Waals surface area contributed by atoms with Crippen molar-refractivity contribution in [1.82, 2.24) is 0 Å². The van der Waals surface area contributed by atoms with Crippen molar-refractivity contribution in [3.05, 3.63) is 53.1 Å². The van der Waals surface area contributed by atoms with Crippen LogP contribution in [-0.4, -0.2) is 19.1 Å². The molecule has 0 saturated heterocycles. The standard InChI is InChI=1S/C19H23NO3/c1-5-22-16-10-15(11-17(12-16)23-6-2)19(21)20-18-13(3)8-7-9-14(18)4/h7-12H,5-6H2,1-4H3,(H,20,21). The molecule has 0 heterocycles. The van der Waals surface area contributed by atoms with Gasteiger partial charge in [0.25, 0.3) is 5.91 Å². The lowest BCUT2D eigenvalue weighted by atomic mass is 10.1. The normalized spacial score (nSPS) is 10.3. The number of hydrogen-bond acceptors (Lipinski definition) is 3. The van der Waals surface area contributed by atoms with Crippen LogP contribution in [0.1, 0.15) is 35.3 Å². The van der Waals surface area contributed by atoms with Gasteiger partial charge in [0.05, 0.1) is 13.2 Å². The van der Waals surface area contributed by atoms with E-state index in [1.165, 1.54) is 0 Å². The van der Waals surface area contributed by atoms with Gasteiger partial charge >= 0.3 is 0 Å². The molecule has 2 aromatic carbocycles. The first-order valence-electron chi connectivity index (χ1n) is 7.83. The molecule has 0 atom stereocenters. The quantitative estimate of drug-likeness (QED) is 0.862. The molecule has 4 heteroatoms.